The second-order valence-corrected chi connectivity index (χ2v) is 7.55. The molecule has 0 saturated carbocycles. The standard InChI is InChI=1S/C26H18N4O3/c31-24-22-15-19(10-6-9-18-7-2-1-3-8-18)13-14-23(22)30-17-27-28-26(30)29(24)16-20-11-4-5-12-21(20)25(32)33/h1-5,7-8,11-15,17H,9,16H2,(H,32,33). The molecule has 1 N–H and O–H groups in total. The van der Waals surface area contributed by atoms with Crippen LogP contribution in [0, 0.1) is 11.8 Å². The Morgan fingerprint density at radius 3 is 2.61 bits per heavy atom. The maximum absolute atomic E-state index is 13.5. The topological polar surface area (TPSA) is 89.5 Å². The zero-order valence-corrected chi connectivity index (χ0v) is 17.5. The van der Waals surface area contributed by atoms with Gasteiger partial charge in [-0.15, -0.1) is 10.2 Å². The summed E-state index contributed by atoms with van der Waals surface area (Å²) < 4.78 is 3.17. The van der Waals surface area contributed by atoms with E-state index in [1.807, 2.05) is 42.5 Å². The number of carbonyl (C=O) groups is 1. The lowest BCUT2D eigenvalue weighted by molar-refractivity contribution is 0.0695. The van der Waals surface area contributed by atoms with Crippen molar-refractivity contribution in [3.63, 3.8) is 0 Å². The fraction of sp³-hybridized carbons (Fsp3) is 0.0769. The normalized spacial score (nSPS) is 10.8. The third kappa shape index (κ3) is 3.86. The average Bonchev–Trinajstić information content (AvgIpc) is 3.32. The summed E-state index contributed by atoms with van der Waals surface area (Å²) in [5.41, 5.74) is 2.88. The number of carboxylic acid groups (broad SMARTS) is 1. The van der Waals surface area contributed by atoms with Gasteiger partial charge < -0.3 is 5.11 Å². The molecular formula is C26H18N4O3. The highest BCUT2D eigenvalue weighted by Gasteiger charge is 2.16. The van der Waals surface area contributed by atoms with Gasteiger partial charge in [-0.3, -0.25) is 13.8 Å². The van der Waals surface area contributed by atoms with Crippen molar-refractivity contribution in [2.75, 3.05) is 0 Å². The fourth-order valence-electron chi connectivity index (χ4n) is 3.84. The van der Waals surface area contributed by atoms with Gasteiger partial charge in [0.2, 0.25) is 5.78 Å². The first-order valence-corrected chi connectivity index (χ1v) is 10.3. The minimum atomic E-state index is -1.05. The van der Waals surface area contributed by atoms with E-state index in [0.29, 0.717) is 28.7 Å². The quantitative estimate of drug-likeness (QED) is 0.438. The van der Waals surface area contributed by atoms with E-state index >= 15 is 0 Å². The number of rotatable bonds is 4. The van der Waals surface area contributed by atoms with Crippen LogP contribution in [0.1, 0.15) is 27.0 Å². The van der Waals surface area contributed by atoms with Crippen molar-refractivity contribution in [2.24, 2.45) is 0 Å². The molecule has 2 aromatic heterocycles. The maximum Gasteiger partial charge on any atom is 0.336 e. The predicted octanol–water partition coefficient (Wildman–Crippen LogP) is 3.38. The van der Waals surface area contributed by atoms with Crippen LogP contribution in [0.2, 0.25) is 0 Å². The van der Waals surface area contributed by atoms with Crippen LogP contribution in [0.5, 0.6) is 0 Å². The van der Waals surface area contributed by atoms with Gasteiger partial charge in [-0.2, -0.15) is 0 Å². The lowest BCUT2D eigenvalue weighted by Crippen LogP contribution is -2.24. The Bertz CT molecular complexity index is 1620. The largest absolute Gasteiger partial charge is 0.478 e. The van der Waals surface area contributed by atoms with Gasteiger partial charge in [-0.05, 0) is 35.4 Å². The highest BCUT2D eigenvalue weighted by Crippen LogP contribution is 2.17. The summed E-state index contributed by atoms with van der Waals surface area (Å²) in [6.07, 6.45) is 2.15. The van der Waals surface area contributed by atoms with Crippen molar-refractivity contribution in [1.29, 1.82) is 0 Å². The van der Waals surface area contributed by atoms with Crippen LogP contribution in [0.3, 0.4) is 0 Å². The van der Waals surface area contributed by atoms with Crippen LogP contribution >= 0.6 is 0 Å². The summed E-state index contributed by atoms with van der Waals surface area (Å²) in [7, 11) is 0. The predicted molar refractivity (Wildman–Crippen MR) is 124 cm³/mol. The average molecular weight is 434 g/mol. The molecule has 0 spiro atoms. The van der Waals surface area contributed by atoms with Gasteiger partial charge in [-0.1, -0.05) is 60.4 Å². The minimum Gasteiger partial charge on any atom is -0.478 e. The molecule has 5 aromatic rings. The molecule has 0 aliphatic carbocycles. The van der Waals surface area contributed by atoms with Crippen molar-refractivity contribution in [2.45, 2.75) is 13.0 Å². The van der Waals surface area contributed by atoms with Gasteiger partial charge in [0.1, 0.15) is 6.33 Å². The number of benzene rings is 3. The molecule has 0 fully saturated rings. The van der Waals surface area contributed by atoms with E-state index in [-0.39, 0.29) is 17.7 Å². The van der Waals surface area contributed by atoms with E-state index in [9.17, 15) is 14.7 Å². The molecule has 0 atom stereocenters. The Balaban J connectivity index is 1.60. The van der Waals surface area contributed by atoms with E-state index in [2.05, 4.69) is 22.0 Å². The highest BCUT2D eigenvalue weighted by atomic mass is 16.4. The minimum absolute atomic E-state index is 0.0589. The van der Waals surface area contributed by atoms with Crippen molar-refractivity contribution in [3.8, 4) is 11.8 Å². The summed E-state index contributed by atoms with van der Waals surface area (Å²) in [5, 5.41) is 18.1. The molecule has 0 aliphatic heterocycles. The lowest BCUT2D eigenvalue weighted by atomic mass is 10.1. The summed E-state index contributed by atoms with van der Waals surface area (Å²) in [6.45, 7) is 0.0589. The monoisotopic (exact) mass is 434 g/mol. The number of aromatic carboxylic acids is 1. The van der Waals surface area contributed by atoms with Crippen molar-refractivity contribution < 1.29 is 9.90 Å². The Morgan fingerprint density at radius 2 is 1.79 bits per heavy atom. The van der Waals surface area contributed by atoms with Gasteiger partial charge in [-0.25, -0.2) is 4.79 Å². The molecule has 0 bridgehead atoms. The molecule has 33 heavy (non-hydrogen) atoms. The molecular weight excluding hydrogens is 416 g/mol. The van der Waals surface area contributed by atoms with Gasteiger partial charge >= 0.3 is 5.97 Å². The maximum atomic E-state index is 13.5. The highest BCUT2D eigenvalue weighted by molar-refractivity contribution is 5.89. The third-order valence-electron chi connectivity index (χ3n) is 5.45. The Labute approximate surface area is 188 Å². The molecule has 0 aliphatic rings. The zero-order chi connectivity index (χ0) is 22.8. The number of nitrogens with zero attached hydrogens (tertiary/aromatic N) is 4. The first kappa shape index (κ1) is 20.2. The molecule has 0 unspecified atom stereocenters. The molecule has 160 valence electrons. The molecule has 7 heteroatoms. The Morgan fingerprint density at radius 1 is 1.00 bits per heavy atom. The summed E-state index contributed by atoms with van der Waals surface area (Å²) in [4.78, 5) is 25.1. The number of hydrogen-bond acceptors (Lipinski definition) is 4. The van der Waals surface area contributed by atoms with E-state index in [1.165, 1.54) is 17.0 Å². The molecule has 0 amide bonds. The van der Waals surface area contributed by atoms with Crippen LogP contribution in [0.15, 0.2) is 83.9 Å². The van der Waals surface area contributed by atoms with Crippen LogP contribution in [0.4, 0.5) is 0 Å². The summed E-state index contributed by atoms with van der Waals surface area (Å²) in [6, 6.07) is 22.0. The lowest BCUT2D eigenvalue weighted by Gasteiger charge is -2.12. The van der Waals surface area contributed by atoms with E-state index < -0.39 is 5.97 Å². The van der Waals surface area contributed by atoms with Gasteiger partial charge in [0, 0.05) is 12.0 Å². The van der Waals surface area contributed by atoms with E-state index in [1.54, 1.807) is 28.7 Å². The second kappa shape index (κ2) is 8.44. The van der Waals surface area contributed by atoms with E-state index in [0.717, 1.165) is 11.1 Å². The first-order chi connectivity index (χ1) is 16.1. The second-order valence-electron chi connectivity index (χ2n) is 7.55. The smallest absolute Gasteiger partial charge is 0.336 e. The molecule has 5 rings (SSSR count). The molecule has 0 saturated heterocycles. The summed E-state index contributed by atoms with van der Waals surface area (Å²) >= 11 is 0. The van der Waals surface area contributed by atoms with Crippen LogP contribution in [0.25, 0.3) is 16.7 Å². The molecule has 0 radical (unpaired) electrons. The van der Waals surface area contributed by atoms with Crippen LogP contribution < -0.4 is 5.56 Å². The third-order valence-corrected chi connectivity index (χ3v) is 5.45. The fourth-order valence-corrected chi connectivity index (χ4v) is 3.84. The number of aromatic nitrogens is 4. The van der Waals surface area contributed by atoms with Gasteiger partial charge in [0.25, 0.3) is 5.56 Å². The molecule has 2 heterocycles. The number of fused-ring (bicyclic) bond motifs is 3. The van der Waals surface area contributed by atoms with Crippen LogP contribution in [-0.2, 0) is 13.0 Å². The Kier molecular flexibility index (Phi) is 5.17. The van der Waals surface area contributed by atoms with Crippen molar-refractivity contribution in [1.82, 2.24) is 19.2 Å². The van der Waals surface area contributed by atoms with Gasteiger partial charge in [0.15, 0.2) is 0 Å². The Hall–Kier alpha value is -4.70. The number of carboxylic acids is 1. The van der Waals surface area contributed by atoms with E-state index in [4.69, 9.17) is 0 Å². The number of hydrogen-bond donors (Lipinski definition) is 1. The molecule has 7 nitrogen and oxygen atoms in total. The zero-order valence-electron chi connectivity index (χ0n) is 17.5. The first-order valence-electron chi connectivity index (χ1n) is 10.3. The van der Waals surface area contributed by atoms with Crippen molar-refractivity contribution in [3.05, 3.63) is 112 Å². The van der Waals surface area contributed by atoms with Crippen molar-refractivity contribution >= 4 is 22.6 Å². The molecule has 3 aromatic carbocycles. The van der Waals surface area contributed by atoms with Gasteiger partial charge in [0.05, 0.1) is 23.0 Å². The summed E-state index contributed by atoms with van der Waals surface area (Å²) in [5.74, 6) is 5.58. The van der Waals surface area contributed by atoms with Crippen LogP contribution in [-0.4, -0.2) is 30.2 Å². The SMILES string of the molecule is O=C(O)c1ccccc1Cn1c(=O)c2cc(C#CCc3ccccc3)ccc2n2cnnc12.